The third-order valence-corrected chi connectivity index (χ3v) is 19.1. The Morgan fingerprint density at radius 1 is 1.17 bits per heavy atom. The number of anilines is 1. The first-order valence-electron chi connectivity index (χ1n) is 12.7. The second-order valence-electron chi connectivity index (χ2n) is 13.7. The number of thioether (sulfide) groups is 1. The molecule has 2 fully saturated rings. The van der Waals surface area contributed by atoms with Crippen molar-refractivity contribution >= 4 is 45.8 Å². The monoisotopic (exact) mass is 553 g/mol. The summed E-state index contributed by atoms with van der Waals surface area (Å²) in [7, 11) is -4.91. The van der Waals surface area contributed by atoms with Gasteiger partial charge in [0.15, 0.2) is 19.5 Å². The molecule has 0 bridgehead atoms. The zero-order valence-corrected chi connectivity index (χ0v) is 26.4. The molecule has 0 amide bonds. The number of nitrogens with two attached hydrogens (primary N) is 1. The number of hydrogen-bond donors (Lipinski definition) is 2. The molecule has 36 heavy (non-hydrogen) atoms. The summed E-state index contributed by atoms with van der Waals surface area (Å²) in [5.41, 5.74) is 6.31. The van der Waals surface area contributed by atoms with E-state index in [1.54, 1.807) is 18.1 Å². The Balaban J connectivity index is 1.84. The zero-order valence-electron chi connectivity index (χ0n) is 23.6. The Morgan fingerprint density at radius 2 is 1.78 bits per heavy atom. The maximum atomic E-state index is 12.5. The Kier molecular flexibility index (Phi) is 6.70. The van der Waals surface area contributed by atoms with Crippen LogP contribution in [0.25, 0.3) is 11.2 Å². The van der Waals surface area contributed by atoms with Crippen LogP contribution in [-0.4, -0.2) is 60.5 Å². The van der Waals surface area contributed by atoms with Crippen molar-refractivity contribution in [2.45, 2.75) is 113 Å². The van der Waals surface area contributed by atoms with Gasteiger partial charge in [0.25, 0.3) is 5.56 Å². The quantitative estimate of drug-likeness (QED) is 0.500. The highest BCUT2D eigenvalue weighted by Gasteiger charge is 2.65. The number of hydrogen-bond acceptors (Lipinski definition) is 8. The second-order valence-corrected chi connectivity index (χ2v) is 24.6. The van der Waals surface area contributed by atoms with Crippen molar-refractivity contribution in [3.8, 4) is 0 Å². The van der Waals surface area contributed by atoms with Crippen molar-refractivity contribution in [2.24, 2.45) is 0 Å². The number of imidazole rings is 1. The largest absolute Gasteiger partial charge is 0.408 e. The number of nitrogens with zero attached hydrogens (tertiary/aromatic N) is 3. The third-order valence-electron chi connectivity index (χ3n) is 7.97. The fourth-order valence-corrected chi connectivity index (χ4v) is 13.4. The summed E-state index contributed by atoms with van der Waals surface area (Å²) < 4.78 is 23.1. The first-order valence-corrected chi connectivity index (χ1v) is 18.3. The van der Waals surface area contributed by atoms with Crippen LogP contribution in [0.4, 0.5) is 5.95 Å². The lowest BCUT2D eigenvalue weighted by molar-refractivity contribution is -0.0326. The molecule has 0 radical (unpaired) electrons. The molecule has 2 aliphatic rings. The molecule has 12 heteroatoms. The highest BCUT2D eigenvalue weighted by atomic mass is 32.2. The molecule has 4 atom stereocenters. The van der Waals surface area contributed by atoms with Gasteiger partial charge in [-0.1, -0.05) is 62.3 Å². The topological polar surface area (TPSA) is 117 Å². The standard InChI is InChI=1S/C24H43N5O4SSi2/c1-22(2,3)35(10,11)32-17-16-14(12-31-36(33-16,23(4,5)6)24(7,8)9)34-20(17)29-13-26-15-18(29)27-21(25)28-19(15)30/h13-14,16-17,20H,12H2,1-11H3,(H3,25,27,28,30)/t14-,16-,17-,20-/m1/s1. The molecule has 2 aliphatic heterocycles. The summed E-state index contributed by atoms with van der Waals surface area (Å²) in [4.78, 5) is 23.9. The van der Waals surface area contributed by atoms with E-state index in [1.165, 1.54) is 0 Å². The summed E-state index contributed by atoms with van der Waals surface area (Å²) >= 11 is 1.76. The molecule has 0 unspecified atom stereocenters. The SMILES string of the molecule is CC(C)(C)[Si](C)(C)O[C@@H]1[C@@H]2O[Si](C(C)(C)C)(C(C)(C)C)OC[C@H]2S[C@H]1n1cnc2c(=O)[nH]c(N)nc21. The van der Waals surface area contributed by atoms with Gasteiger partial charge in [0.2, 0.25) is 5.95 Å². The van der Waals surface area contributed by atoms with E-state index in [0.29, 0.717) is 12.3 Å². The molecular formula is C24H43N5O4SSi2. The number of rotatable bonds is 3. The van der Waals surface area contributed by atoms with Crippen LogP contribution in [0.3, 0.4) is 0 Å². The van der Waals surface area contributed by atoms with Crippen molar-refractivity contribution in [1.29, 1.82) is 0 Å². The van der Waals surface area contributed by atoms with Crippen molar-refractivity contribution in [3.63, 3.8) is 0 Å². The maximum Gasteiger partial charge on any atom is 0.349 e. The van der Waals surface area contributed by atoms with Crippen LogP contribution in [0.2, 0.25) is 28.2 Å². The predicted molar refractivity (Wildman–Crippen MR) is 151 cm³/mol. The van der Waals surface area contributed by atoms with E-state index < -0.39 is 16.9 Å². The molecule has 0 spiro atoms. The summed E-state index contributed by atoms with van der Waals surface area (Å²) in [6, 6.07) is 0. The molecule has 0 aromatic carbocycles. The van der Waals surface area contributed by atoms with E-state index in [0.717, 1.165) is 0 Å². The fraction of sp³-hybridized carbons (Fsp3) is 0.792. The lowest BCUT2D eigenvalue weighted by atomic mass is 10.1. The van der Waals surface area contributed by atoms with E-state index in [2.05, 4.69) is 90.4 Å². The highest BCUT2D eigenvalue weighted by Crippen LogP contribution is 2.59. The number of aromatic nitrogens is 4. The van der Waals surface area contributed by atoms with Crippen molar-refractivity contribution in [3.05, 3.63) is 16.7 Å². The van der Waals surface area contributed by atoms with Crippen molar-refractivity contribution in [2.75, 3.05) is 12.3 Å². The second kappa shape index (κ2) is 8.67. The van der Waals surface area contributed by atoms with Gasteiger partial charge in [-0.25, -0.2) is 4.98 Å². The average molecular weight is 554 g/mol. The van der Waals surface area contributed by atoms with E-state index in [9.17, 15) is 4.79 Å². The lowest BCUT2D eigenvalue weighted by Gasteiger charge is -2.54. The van der Waals surface area contributed by atoms with Gasteiger partial charge >= 0.3 is 8.56 Å². The lowest BCUT2D eigenvalue weighted by Crippen LogP contribution is -2.65. The fourth-order valence-electron chi connectivity index (χ4n) is 5.32. The van der Waals surface area contributed by atoms with Gasteiger partial charge in [0.05, 0.1) is 24.3 Å². The minimum absolute atomic E-state index is 0.0187. The summed E-state index contributed by atoms with van der Waals surface area (Å²) in [6.07, 6.45) is 1.29. The highest BCUT2D eigenvalue weighted by molar-refractivity contribution is 8.00. The molecule has 202 valence electrons. The van der Waals surface area contributed by atoms with Crippen LogP contribution in [0.1, 0.15) is 67.7 Å². The smallest absolute Gasteiger partial charge is 0.349 e. The molecule has 4 heterocycles. The van der Waals surface area contributed by atoms with E-state index in [-0.39, 0.29) is 55.0 Å². The molecule has 4 rings (SSSR count). The van der Waals surface area contributed by atoms with Crippen LogP contribution >= 0.6 is 11.8 Å². The molecule has 0 saturated carbocycles. The average Bonchev–Trinajstić information content (AvgIpc) is 3.26. The normalized spacial score (nSPS) is 27.4. The molecular weight excluding hydrogens is 511 g/mol. The molecule has 2 aromatic heterocycles. The number of aromatic amines is 1. The molecule has 2 saturated heterocycles. The Labute approximate surface area is 220 Å². The summed E-state index contributed by atoms with van der Waals surface area (Å²) in [5.74, 6) is 0.0722. The van der Waals surface area contributed by atoms with Gasteiger partial charge in [0.1, 0.15) is 11.5 Å². The maximum absolute atomic E-state index is 12.5. The number of nitrogen functional groups attached to an aromatic ring is 1. The molecule has 2 aromatic rings. The van der Waals surface area contributed by atoms with Gasteiger partial charge < -0.3 is 19.0 Å². The number of nitrogens with one attached hydrogen (secondary N) is 1. The van der Waals surface area contributed by atoms with Crippen LogP contribution in [0.15, 0.2) is 11.1 Å². The zero-order chi connectivity index (χ0) is 27.1. The van der Waals surface area contributed by atoms with Crippen LogP contribution in [-0.2, 0) is 13.3 Å². The minimum atomic E-state index is -2.71. The molecule has 3 N–H and O–H groups in total. The van der Waals surface area contributed by atoms with E-state index in [4.69, 9.17) is 19.0 Å². The summed E-state index contributed by atoms with van der Waals surface area (Å²) in [6.45, 7) is 25.3. The van der Waals surface area contributed by atoms with Gasteiger partial charge in [0, 0.05) is 10.1 Å². The van der Waals surface area contributed by atoms with E-state index in [1.807, 2.05) is 4.57 Å². The molecule has 9 nitrogen and oxygen atoms in total. The van der Waals surface area contributed by atoms with Crippen LogP contribution < -0.4 is 11.3 Å². The predicted octanol–water partition coefficient (Wildman–Crippen LogP) is 5.16. The van der Waals surface area contributed by atoms with Crippen LogP contribution in [0, 0.1) is 0 Å². The van der Waals surface area contributed by atoms with Crippen molar-refractivity contribution < 1.29 is 13.3 Å². The van der Waals surface area contributed by atoms with Gasteiger partial charge in [-0.2, -0.15) is 4.98 Å². The first kappa shape index (κ1) is 27.8. The van der Waals surface area contributed by atoms with Gasteiger partial charge in [-0.3, -0.25) is 14.3 Å². The van der Waals surface area contributed by atoms with Gasteiger partial charge in [-0.05, 0) is 18.1 Å². The minimum Gasteiger partial charge on any atom is -0.408 e. The van der Waals surface area contributed by atoms with Gasteiger partial charge in [-0.15, -0.1) is 11.8 Å². The van der Waals surface area contributed by atoms with E-state index >= 15 is 0 Å². The van der Waals surface area contributed by atoms with Crippen molar-refractivity contribution in [1.82, 2.24) is 19.5 Å². The Bertz CT molecular complexity index is 1180. The Hall–Kier alpha value is -1.19. The number of H-pyrrole nitrogens is 1. The summed E-state index contributed by atoms with van der Waals surface area (Å²) in [5, 5.41) is -0.338. The number of fused-ring (bicyclic) bond motifs is 2. The first-order chi connectivity index (χ1) is 16.3. The van der Waals surface area contributed by atoms with Crippen LogP contribution in [0.5, 0.6) is 0 Å². The Morgan fingerprint density at radius 3 is 2.33 bits per heavy atom. The molecule has 0 aliphatic carbocycles. The third kappa shape index (κ3) is 4.41.